The van der Waals surface area contributed by atoms with Gasteiger partial charge in [-0.2, -0.15) is 4.31 Å². The fraction of sp³-hybridized carbons (Fsp3) is 0.455. The number of sulfonamides is 1. The molecule has 1 atom stereocenters. The highest BCUT2D eigenvalue weighted by Gasteiger charge is 2.36. The van der Waals surface area contributed by atoms with Gasteiger partial charge >= 0.3 is 0 Å². The smallest absolute Gasteiger partial charge is 0.272 e. The molecular weight excluding hydrogens is 289 g/mol. The van der Waals surface area contributed by atoms with Crippen molar-refractivity contribution in [3.05, 3.63) is 34.1 Å². The summed E-state index contributed by atoms with van der Waals surface area (Å²) >= 11 is 0. The average molecular weight is 303 g/mol. The van der Waals surface area contributed by atoms with E-state index in [1.807, 2.05) is 0 Å². The van der Waals surface area contributed by atoms with E-state index in [0.29, 0.717) is 18.9 Å². The first kappa shape index (κ1) is 14.8. The van der Waals surface area contributed by atoms with Crippen LogP contribution in [0.3, 0.4) is 0 Å². The molecule has 2 N–H and O–H groups in total. The molecule has 0 radical (unpaired) electrons. The third-order valence-electron chi connectivity index (χ3n) is 3.31. The molecule has 0 spiro atoms. The van der Waals surface area contributed by atoms with Crippen LogP contribution in [-0.4, -0.2) is 36.8 Å². The van der Waals surface area contributed by atoms with Crippen molar-refractivity contribution < 1.29 is 17.7 Å². The van der Waals surface area contributed by atoms with Gasteiger partial charge in [-0.25, -0.2) is 12.8 Å². The molecule has 0 aliphatic carbocycles. The molecule has 1 aliphatic heterocycles. The van der Waals surface area contributed by atoms with Crippen molar-refractivity contribution in [3.63, 3.8) is 0 Å². The van der Waals surface area contributed by atoms with Crippen LogP contribution in [0.1, 0.15) is 12.8 Å². The first-order valence-electron chi connectivity index (χ1n) is 6.03. The van der Waals surface area contributed by atoms with Gasteiger partial charge in [0.05, 0.1) is 11.0 Å². The lowest BCUT2D eigenvalue weighted by Crippen LogP contribution is -2.40. The molecule has 7 nitrogen and oxygen atoms in total. The molecule has 1 aliphatic rings. The maximum absolute atomic E-state index is 13.8. The number of hydrogen-bond donors (Lipinski definition) is 1. The molecule has 1 unspecified atom stereocenters. The van der Waals surface area contributed by atoms with Crippen LogP contribution in [-0.2, 0) is 10.0 Å². The Morgan fingerprint density at radius 1 is 1.50 bits per heavy atom. The number of benzene rings is 1. The second-order valence-electron chi connectivity index (χ2n) is 4.52. The van der Waals surface area contributed by atoms with Crippen molar-refractivity contribution in [2.45, 2.75) is 23.8 Å². The van der Waals surface area contributed by atoms with Gasteiger partial charge in [-0.15, -0.1) is 0 Å². The highest BCUT2D eigenvalue weighted by molar-refractivity contribution is 7.89. The summed E-state index contributed by atoms with van der Waals surface area (Å²) in [4.78, 5) is 9.20. The van der Waals surface area contributed by atoms with Crippen LogP contribution in [0.15, 0.2) is 23.1 Å². The topological polar surface area (TPSA) is 107 Å². The second kappa shape index (κ2) is 5.43. The predicted octanol–water partition coefficient (Wildman–Crippen LogP) is 0.846. The van der Waals surface area contributed by atoms with E-state index < -0.39 is 31.3 Å². The van der Waals surface area contributed by atoms with Crippen LogP contribution in [0.2, 0.25) is 0 Å². The van der Waals surface area contributed by atoms with E-state index in [-0.39, 0.29) is 19.1 Å². The Balaban J connectivity index is 2.42. The third kappa shape index (κ3) is 2.51. The lowest BCUT2D eigenvalue weighted by Gasteiger charge is -2.22. The molecule has 0 bridgehead atoms. The Bertz CT molecular complexity index is 635. The average Bonchev–Trinajstić information content (AvgIpc) is 2.87. The van der Waals surface area contributed by atoms with Gasteiger partial charge in [0.2, 0.25) is 10.0 Å². The summed E-state index contributed by atoms with van der Waals surface area (Å²) in [6.45, 7) is 0.439. The van der Waals surface area contributed by atoms with Crippen molar-refractivity contribution >= 4 is 15.7 Å². The zero-order chi connectivity index (χ0) is 14.9. The van der Waals surface area contributed by atoms with Crippen molar-refractivity contribution in [1.82, 2.24) is 4.31 Å². The van der Waals surface area contributed by atoms with Crippen LogP contribution >= 0.6 is 0 Å². The molecule has 20 heavy (non-hydrogen) atoms. The van der Waals surface area contributed by atoms with E-state index in [0.717, 1.165) is 16.4 Å². The zero-order valence-electron chi connectivity index (χ0n) is 10.5. The number of nitro benzene ring substituents is 1. The molecule has 9 heteroatoms. The van der Waals surface area contributed by atoms with Gasteiger partial charge in [-0.1, -0.05) is 0 Å². The molecular formula is C11H14FN3O4S. The summed E-state index contributed by atoms with van der Waals surface area (Å²) in [6.07, 6.45) is 1.29. The van der Waals surface area contributed by atoms with E-state index in [1.54, 1.807) is 0 Å². The minimum atomic E-state index is -4.02. The summed E-state index contributed by atoms with van der Waals surface area (Å²) in [7, 11) is -4.02. The fourth-order valence-corrected chi connectivity index (χ4v) is 4.05. The van der Waals surface area contributed by atoms with Crippen molar-refractivity contribution in [1.29, 1.82) is 0 Å². The lowest BCUT2D eigenvalue weighted by atomic mass is 10.2. The monoisotopic (exact) mass is 303 g/mol. The first-order valence-corrected chi connectivity index (χ1v) is 7.48. The summed E-state index contributed by atoms with van der Waals surface area (Å²) < 4.78 is 39.7. The van der Waals surface area contributed by atoms with Crippen LogP contribution in [0, 0.1) is 15.9 Å². The number of nitrogens with two attached hydrogens (primary N) is 1. The Kier molecular flexibility index (Phi) is 4.02. The van der Waals surface area contributed by atoms with E-state index in [9.17, 15) is 22.9 Å². The third-order valence-corrected chi connectivity index (χ3v) is 5.29. The summed E-state index contributed by atoms with van der Waals surface area (Å²) in [5, 5.41) is 10.5. The van der Waals surface area contributed by atoms with Crippen LogP contribution in [0.25, 0.3) is 0 Å². The number of halogens is 1. The number of rotatable bonds is 4. The maximum Gasteiger partial charge on any atom is 0.272 e. The van der Waals surface area contributed by atoms with Gasteiger partial charge in [0, 0.05) is 25.2 Å². The highest BCUT2D eigenvalue weighted by Crippen LogP contribution is 2.28. The molecule has 110 valence electrons. The summed E-state index contributed by atoms with van der Waals surface area (Å²) in [5.41, 5.74) is 5.02. The lowest BCUT2D eigenvalue weighted by molar-refractivity contribution is -0.385. The maximum atomic E-state index is 13.8. The van der Waals surface area contributed by atoms with Crippen molar-refractivity contribution in [2.75, 3.05) is 13.1 Å². The molecule has 1 aromatic rings. The number of nitrogens with zero attached hydrogens (tertiary/aromatic N) is 2. The molecule has 0 amide bonds. The number of hydrogen-bond acceptors (Lipinski definition) is 5. The number of nitro groups is 1. The fourth-order valence-electron chi connectivity index (χ4n) is 2.30. The second-order valence-corrected chi connectivity index (χ2v) is 6.38. The minimum Gasteiger partial charge on any atom is -0.329 e. The molecule has 0 saturated carbocycles. The molecule has 1 saturated heterocycles. The molecule has 2 rings (SSSR count). The largest absolute Gasteiger partial charge is 0.329 e. The summed E-state index contributed by atoms with van der Waals surface area (Å²) in [5.74, 6) is -1.12. The first-order chi connectivity index (χ1) is 9.37. The molecule has 1 aromatic carbocycles. The van der Waals surface area contributed by atoms with E-state index >= 15 is 0 Å². The normalized spacial score (nSPS) is 20.2. The van der Waals surface area contributed by atoms with E-state index in [1.165, 1.54) is 0 Å². The van der Waals surface area contributed by atoms with Gasteiger partial charge in [-0.3, -0.25) is 10.1 Å². The standard InChI is InChI=1S/C11H14FN3O4S/c12-10-6-8(15(16)17)3-4-11(10)20(18,19)14-5-1-2-9(14)7-13/h3-4,6,9H,1-2,5,7,13H2. The van der Waals surface area contributed by atoms with Gasteiger partial charge in [0.15, 0.2) is 0 Å². The van der Waals surface area contributed by atoms with Gasteiger partial charge in [0.1, 0.15) is 10.7 Å². The minimum absolute atomic E-state index is 0.161. The predicted molar refractivity (Wildman–Crippen MR) is 69.0 cm³/mol. The summed E-state index contributed by atoms with van der Waals surface area (Å²) in [6, 6.07) is 2.16. The van der Waals surface area contributed by atoms with Gasteiger partial charge < -0.3 is 5.73 Å². The Labute approximate surface area is 115 Å². The van der Waals surface area contributed by atoms with E-state index in [4.69, 9.17) is 5.73 Å². The molecule has 1 fully saturated rings. The van der Waals surface area contributed by atoms with E-state index in [2.05, 4.69) is 0 Å². The Hall–Kier alpha value is -1.58. The SMILES string of the molecule is NCC1CCCN1S(=O)(=O)c1ccc([N+](=O)[O-])cc1F. The highest BCUT2D eigenvalue weighted by atomic mass is 32.2. The van der Waals surface area contributed by atoms with Gasteiger partial charge in [-0.05, 0) is 18.9 Å². The molecule has 1 heterocycles. The zero-order valence-corrected chi connectivity index (χ0v) is 11.3. The van der Waals surface area contributed by atoms with Crippen molar-refractivity contribution in [3.8, 4) is 0 Å². The Morgan fingerprint density at radius 2 is 2.20 bits per heavy atom. The van der Waals surface area contributed by atoms with Crippen LogP contribution in [0.4, 0.5) is 10.1 Å². The quantitative estimate of drug-likeness (QED) is 0.655. The number of non-ortho nitro benzene ring substituents is 1. The molecule has 0 aromatic heterocycles. The van der Waals surface area contributed by atoms with Crippen molar-refractivity contribution in [2.24, 2.45) is 5.73 Å². The Morgan fingerprint density at radius 3 is 2.75 bits per heavy atom. The van der Waals surface area contributed by atoms with Crippen LogP contribution in [0.5, 0.6) is 0 Å². The van der Waals surface area contributed by atoms with Crippen LogP contribution < -0.4 is 5.73 Å². The van der Waals surface area contributed by atoms with Gasteiger partial charge in [0.25, 0.3) is 5.69 Å².